The summed E-state index contributed by atoms with van der Waals surface area (Å²) in [5.74, 6) is -1.66. The zero-order valence-corrected chi connectivity index (χ0v) is 11.2. The third-order valence-corrected chi connectivity index (χ3v) is 4.22. The second-order valence-electron chi connectivity index (χ2n) is 3.95. The molecule has 1 aromatic rings. The third-order valence-electron chi connectivity index (χ3n) is 2.52. The smallest absolute Gasteiger partial charge is 0.357 e. The van der Waals surface area contributed by atoms with Crippen LogP contribution in [0.25, 0.3) is 0 Å². The van der Waals surface area contributed by atoms with E-state index < -0.39 is 27.3 Å². The van der Waals surface area contributed by atoms with E-state index in [-0.39, 0.29) is 4.90 Å². The predicted molar refractivity (Wildman–Crippen MR) is 74.6 cm³/mol. The van der Waals surface area contributed by atoms with Gasteiger partial charge >= 0.3 is 5.97 Å². The Morgan fingerprint density at radius 3 is 2.16 bits per heavy atom. The lowest BCUT2D eigenvalue weighted by Crippen LogP contribution is -2.26. The van der Waals surface area contributed by atoms with E-state index in [9.17, 15) is 13.9 Å². The average Bonchev–Trinajstić information content (AvgIpc) is 2.37. The number of carbonyl (C=O) groups is 1. The molecule has 5 N–H and O–H groups in total. The SMILES string of the molecule is CCCc1ccc(S(O)(O)C(=N)C(=N)C(=O)O)cc1. The number of carboxylic acids is 1. The standard InChI is InChI=1S/C12H16N2O4S/c1-2-3-8-4-6-9(7-5-8)19(17,18)11(14)10(13)12(15)16/h4-7,13-14,17-18H,2-3H2,1H3,(H,15,16). The summed E-state index contributed by atoms with van der Waals surface area (Å²) in [7, 11) is -3.74. The van der Waals surface area contributed by atoms with Gasteiger partial charge in [0, 0.05) is 0 Å². The number of carboxylic acid groups (broad SMARTS) is 1. The molecule has 0 amide bonds. The molecule has 19 heavy (non-hydrogen) atoms. The van der Waals surface area contributed by atoms with E-state index in [1.165, 1.54) is 12.1 Å². The van der Waals surface area contributed by atoms with Crippen LogP contribution >= 0.6 is 10.6 Å². The first-order valence-electron chi connectivity index (χ1n) is 5.58. The fraction of sp³-hybridized carbons (Fsp3) is 0.250. The lowest BCUT2D eigenvalue weighted by molar-refractivity contribution is -0.129. The molecule has 0 heterocycles. The largest absolute Gasteiger partial charge is 0.476 e. The number of rotatable bonds is 5. The highest BCUT2D eigenvalue weighted by atomic mass is 32.3. The van der Waals surface area contributed by atoms with Gasteiger partial charge in [0.15, 0.2) is 10.8 Å². The molecule has 0 aliphatic carbocycles. The minimum atomic E-state index is -3.74. The molecule has 7 heteroatoms. The molecule has 1 rings (SSSR count). The van der Waals surface area contributed by atoms with Crippen LogP contribution in [0.5, 0.6) is 0 Å². The molecule has 0 aliphatic rings. The van der Waals surface area contributed by atoms with E-state index in [0.29, 0.717) is 0 Å². The Labute approximate surface area is 112 Å². The van der Waals surface area contributed by atoms with Gasteiger partial charge in [-0.25, -0.2) is 4.79 Å². The van der Waals surface area contributed by atoms with E-state index in [1.54, 1.807) is 12.1 Å². The molecule has 0 atom stereocenters. The first-order chi connectivity index (χ1) is 8.80. The zero-order valence-electron chi connectivity index (χ0n) is 10.4. The monoisotopic (exact) mass is 284 g/mol. The van der Waals surface area contributed by atoms with Crippen LogP contribution < -0.4 is 0 Å². The van der Waals surface area contributed by atoms with E-state index in [0.717, 1.165) is 18.4 Å². The Bertz CT molecular complexity index is 511. The Morgan fingerprint density at radius 2 is 1.74 bits per heavy atom. The second kappa shape index (κ2) is 5.96. The fourth-order valence-electron chi connectivity index (χ4n) is 1.49. The van der Waals surface area contributed by atoms with E-state index in [2.05, 4.69) is 0 Å². The second-order valence-corrected chi connectivity index (χ2v) is 5.93. The van der Waals surface area contributed by atoms with Crippen molar-refractivity contribution in [2.75, 3.05) is 0 Å². The molecule has 0 aromatic heterocycles. The minimum absolute atomic E-state index is 0.0448. The highest BCUT2D eigenvalue weighted by Gasteiger charge is 2.28. The summed E-state index contributed by atoms with van der Waals surface area (Å²) in [5, 5.41) is 22.2. The number of hydrogen-bond donors (Lipinski definition) is 5. The van der Waals surface area contributed by atoms with Gasteiger partial charge in [0.25, 0.3) is 0 Å². The number of nitrogens with one attached hydrogen (secondary N) is 2. The maximum Gasteiger partial charge on any atom is 0.357 e. The number of hydrogen-bond acceptors (Lipinski definition) is 5. The Kier molecular flexibility index (Phi) is 4.82. The zero-order chi connectivity index (χ0) is 14.6. The van der Waals surface area contributed by atoms with Gasteiger partial charge in [-0.2, -0.15) is 0 Å². The van der Waals surface area contributed by atoms with Crippen molar-refractivity contribution in [1.82, 2.24) is 0 Å². The first-order valence-corrected chi connectivity index (χ1v) is 7.13. The maximum atomic E-state index is 10.6. The summed E-state index contributed by atoms with van der Waals surface area (Å²) in [6.07, 6.45) is 1.80. The van der Waals surface area contributed by atoms with Gasteiger partial charge in [0.05, 0.1) is 4.90 Å². The molecular formula is C12H16N2O4S. The Balaban J connectivity index is 3.02. The minimum Gasteiger partial charge on any atom is -0.476 e. The van der Waals surface area contributed by atoms with Gasteiger partial charge < -0.3 is 5.11 Å². The molecule has 0 saturated heterocycles. The first kappa shape index (κ1) is 15.4. The molecule has 0 aliphatic heterocycles. The fourth-order valence-corrected chi connectivity index (χ4v) is 2.62. The van der Waals surface area contributed by atoms with Crippen LogP contribution in [0.15, 0.2) is 29.2 Å². The number of aliphatic carboxylic acids is 1. The Hall–Kier alpha value is -1.70. The third kappa shape index (κ3) is 3.40. The van der Waals surface area contributed by atoms with Gasteiger partial charge in [0.2, 0.25) is 0 Å². The van der Waals surface area contributed by atoms with E-state index >= 15 is 0 Å². The molecule has 104 valence electrons. The summed E-state index contributed by atoms with van der Waals surface area (Å²) in [6.45, 7) is 2.02. The normalized spacial score (nSPS) is 11.9. The van der Waals surface area contributed by atoms with Crippen molar-refractivity contribution in [2.24, 2.45) is 0 Å². The predicted octanol–water partition coefficient (Wildman–Crippen LogP) is 2.83. The lowest BCUT2D eigenvalue weighted by atomic mass is 10.1. The quantitative estimate of drug-likeness (QED) is 0.421. The number of benzene rings is 1. The highest BCUT2D eigenvalue weighted by molar-refractivity contribution is 8.38. The molecule has 1 aromatic carbocycles. The molecule has 0 radical (unpaired) electrons. The van der Waals surface area contributed by atoms with Gasteiger partial charge in [0.1, 0.15) is 0 Å². The van der Waals surface area contributed by atoms with Crippen LogP contribution in [0.2, 0.25) is 0 Å². The van der Waals surface area contributed by atoms with Gasteiger partial charge in [-0.05, 0) is 24.1 Å². The highest BCUT2D eigenvalue weighted by Crippen LogP contribution is 2.49. The molecule has 6 nitrogen and oxygen atoms in total. The summed E-state index contributed by atoms with van der Waals surface area (Å²) < 4.78 is 19.8. The van der Waals surface area contributed by atoms with Crippen LogP contribution in [-0.2, 0) is 11.2 Å². The Morgan fingerprint density at radius 1 is 1.21 bits per heavy atom. The topological polar surface area (TPSA) is 125 Å². The maximum absolute atomic E-state index is 10.6. The summed E-state index contributed by atoms with van der Waals surface area (Å²) >= 11 is 0. The lowest BCUT2D eigenvalue weighted by Gasteiger charge is -2.31. The molecular weight excluding hydrogens is 268 g/mol. The van der Waals surface area contributed by atoms with Crippen molar-refractivity contribution in [2.45, 2.75) is 24.7 Å². The van der Waals surface area contributed by atoms with E-state index in [4.69, 9.17) is 15.9 Å². The van der Waals surface area contributed by atoms with Crippen molar-refractivity contribution in [3.05, 3.63) is 29.8 Å². The van der Waals surface area contributed by atoms with E-state index in [1.807, 2.05) is 6.92 Å². The van der Waals surface area contributed by atoms with Crippen LogP contribution in [0.4, 0.5) is 0 Å². The van der Waals surface area contributed by atoms with Gasteiger partial charge in [-0.3, -0.25) is 19.9 Å². The van der Waals surface area contributed by atoms with Crippen molar-refractivity contribution in [1.29, 1.82) is 10.8 Å². The van der Waals surface area contributed by atoms with Crippen molar-refractivity contribution in [3.63, 3.8) is 0 Å². The molecule has 0 spiro atoms. The van der Waals surface area contributed by atoms with Crippen molar-refractivity contribution >= 4 is 27.3 Å². The van der Waals surface area contributed by atoms with Crippen LogP contribution in [0.3, 0.4) is 0 Å². The summed E-state index contributed by atoms with van der Waals surface area (Å²) in [4.78, 5) is 10.6. The van der Waals surface area contributed by atoms with Gasteiger partial charge in [-0.15, -0.1) is 10.6 Å². The molecule has 0 unspecified atom stereocenters. The van der Waals surface area contributed by atoms with Crippen molar-refractivity contribution in [3.8, 4) is 0 Å². The van der Waals surface area contributed by atoms with Crippen LogP contribution in [0.1, 0.15) is 18.9 Å². The molecule has 0 saturated carbocycles. The van der Waals surface area contributed by atoms with Gasteiger partial charge in [-0.1, -0.05) is 25.5 Å². The average molecular weight is 284 g/mol. The van der Waals surface area contributed by atoms with Crippen LogP contribution in [0, 0.1) is 10.8 Å². The summed E-state index contributed by atoms with van der Waals surface area (Å²) in [5.41, 5.74) is -0.0982. The van der Waals surface area contributed by atoms with Crippen LogP contribution in [-0.4, -0.2) is 30.9 Å². The number of aryl methyl sites for hydroxylation is 1. The molecule has 0 bridgehead atoms. The molecule has 0 fully saturated rings. The summed E-state index contributed by atoms with van der Waals surface area (Å²) in [6, 6.07) is 6.30. The van der Waals surface area contributed by atoms with Crippen molar-refractivity contribution < 1.29 is 19.0 Å².